The maximum atomic E-state index is 13.3. The van der Waals surface area contributed by atoms with Crippen molar-refractivity contribution in [3.05, 3.63) is 65.0 Å². The van der Waals surface area contributed by atoms with Crippen molar-refractivity contribution in [3.63, 3.8) is 0 Å². The molecule has 0 aliphatic carbocycles. The van der Waals surface area contributed by atoms with Gasteiger partial charge >= 0.3 is 6.03 Å². The standard InChI is InChI=1S/C23H25FN4O4/c1-4-23(16-8-10-17(24)11-9-16)21(31)28(22(32)27-23)13-19(30)25-12-18(29)26-20-14(2)6-5-7-15(20)3/h5-11H,4,12-13H2,1-3H3,(H,25,30)(H,26,29)(H,27,32). The molecular weight excluding hydrogens is 415 g/mol. The summed E-state index contributed by atoms with van der Waals surface area (Å²) >= 11 is 0. The molecule has 0 radical (unpaired) electrons. The quantitative estimate of drug-likeness (QED) is 0.575. The summed E-state index contributed by atoms with van der Waals surface area (Å²) in [5.74, 6) is -2.16. The number of imide groups is 1. The minimum absolute atomic E-state index is 0.222. The van der Waals surface area contributed by atoms with Gasteiger partial charge in [0.1, 0.15) is 17.9 Å². The van der Waals surface area contributed by atoms with Crippen LogP contribution < -0.4 is 16.0 Å². The molecule has 5 amide bonds. The number of carbonyl (C=O) groups excluding carboxylic acids is 4. The summed E-state index contributed by atoms with van der Waals surface area (Å²) in [4.78, 5) is 50.9. The highest BCUT2D eigenvalue weighted by Crippen LogP contribution is 2.32. The summed E-state index contributed by atoms with van der Waals surface area (Å²) in [5, 5.41) is 7.80. The number of nitrogens with zero attached hydrogens (tertiary/aromatic N) is 1. The van der Waals surface area contributed by atoms with E-state index in [0.717, 1.165) is 16.0 Å². The Hall–Kier alpha value is -3.75. The van der Waals surface area contributed by atoms with Gasteiger partial charge < -0.3 is 16.0 Å². The van der Waals surface area contributed by atoms with E-state index in [1.54, 1.807) is 6.92 Å². The topological polar surface area (TPSA) is 108 Å². The number of anilines is 1. The Morgan fingerprint density at radius 3 is 2.25 bits per heavy atom. The molecule has 1 aliphatic rings. The Kier molecular flexibility index (Phi) is 6.57. The number of hydrogen-bond donors (Lipinski definition) is 3. The third kappa shape index (κ3) is 4.46. The van der Waals surface area contributed by atoms with E-state index in [9.17, 15) is 23.6 Å². The fraction of sp³-hybridized carbons (Fsp3) is 0.304. The van der Waals surface area contributed by atoms with Crippen LogP contribution in [0, 0.1) is 19.7 Å². The lowest BCUT2D eigenvalue weighted by Gasteiger charge is -2.25. The molecule has 3 rings (SSSR count). The van der Waals surface area contributed by atoms with Gasteiger partial charge in [-0.1, -0.05) is 37.3 Å². The number of benzene rings is 2. The maximum absolute atomic E-state index is 13.3. The molecule has 3 N–H and O–H groups in total. The second kappa shape index (κ2) is 9.17. The molecular formula is C23H25FN4O4. The molecule has 1 fully saturated rings. The number of rotatable bonds is 7. The zero-order chi connectivity index (χ0) is 23.5. The van der Waals surface area contributed by atoms with E-state index in [2.05, 4.69) is 16.0 Å². The summed E-state index contributed by atoms with van der Waals surface area (Å²) in [6.07, 6.45) is 0.222. The Bertz CT molecular complexity index is 1050. The van der Waals surface area contributed by atoms with E-state index < -0.39 is 41.7 Å². The minimum Gasteiger partial charge on any atom is -0.345 e. The van der Waals surface area contributed by atoms with Gasteiger partial charge in [-0.3, -0.25) is 19.3 Å². The summed E-state index contributed by atoms with van der Waals surface area (Å²) < 4.78 is 13.3. The number of carbonyl (C=O) groups is 4. The van der Waals surface area contributed by atoms with E-state index >= 15 is 0 Å². The molecule has 8 nitrogen and oxygen atoms in total. The number of urea groups is 1. The lowest BCUT2D eigenvalue weighted by Crippen LogP contribution is -2.45. The SMILES string of the molecule is CCC1(c2ccc(F)cc2)NC(=O)N(CC(=O)NCC(=O)Nc2c(C)cccc2C)C1=O. The van der Waals surface area contributed by atoms with Gasteiger partial charge in [-0.25, -0.2) is 9.18 Å². The molecule has 2 aromatic carbocycles. The molecule has 9 heteroatoms. The van der Waals surface area contributed by atoms with Crippen LogP contribution in [0.15, 0.2) is 42.5 Å². The van der Waals surface area contributed by atoms with E-state index in [-0.39, 0.29) is 13.0 Å². The van der Waals surface area contributed by atoms with Crippen LogP contribution in [-0.2, 0) is 19.9 Å². The highest BCUT2D eigenvalue weighted by molar-refractivity contribution is 6.09. The molecule has 2 aromatic rings. The average Bonchev–Trinajstić information content (AvgIpc) is 3.00. The number of hydrogen-bond acceptors (Lipinski definition) is 4. The molecule has 0 saturated carbocycles. The van der Waals surface area contributed by atoms with Crippen LogP contribution in [-0.4, -0.2) is 41.7 Å². The predicted molar refractivity (Wildman–Crippen MR) is 116 cm³/mol. The number of amides is 5. The number of halogens is 1. The van der Waals surface area contributed by atoms with Crippen LogP contribution >= 0.6 is 0 Å². The Morgan fingerprint density at radius 1 is 1.03 bits per heavy atom. The van der Waals surface area contributed by atoms with Gasteiger partial charge in [-0.2, -0.15) is 0 Å². The van der Waals surface area contributed by atoms with E-state index in [4.69, 9.17) is 0 Å². The van der Waals surface area contributed by atoms with Crippen LogP contribution in [0.5, 0.6) is 0 Å². The van der Waals surface area contributed by atoms with E-state index in [1.165, 1.54) is 24.3 Å². The van der Waals surface area contributed by atoms with Crippen molar-refractivity contribution in [2.75, 3.05) is 18.4 Å². The Balaban J connectivity index is 1.62. The first-order valence-corrected chi connectivity index (χ1v) is 10.2. The van der Waals surface area contributed by atoms with Crippen molar-refractivity contribution in [1.82, 2.24) is 15.5 Å². The van der Waals surface area contributed by atoms with E-state index in [1.807, 2.05) is 32.0 Å². The maximum Gasteiger partial charge on any atom is 0.325 e. The van der Waals surface area contributed by atoms with Crippen LogP contribution in [0.25, 0.3) is 0 Å². The molecule has 1 aliphatic heterocycles. The summed E-state index contributed by atoms with van der Waals surface area (Å²) in [5.41, 5.74) is 1.51. The largest absolute Gasteiger partial charge is 0.345 e. The highest BCUT2D eigenvalue weighted by Gasteiger charge is 2.51. The van der Waals surface area contributed by atoms with Gasteiger partial charge in [-0.05, 0) is 49.1 Å². The van der Waals surface area contributed by atoms with Crippen molar-refractivity contribution in [3.8, 4) is 0 Å². The molecule has 168 valence electrons. The summed E-state index contributed by atoms with van der Waals surface area (Å²) in [7, 11) is 0. The predicted octanol–water partition coefficient (Wildman–Crippen LogP) is 2.35. The Labute approximate surface area is 185 Å². The fourth-order valence-corrected chi connectivity index (χ4v) is 3.72. The van der Waals surface area contributed by atoms with Gasteiger partial charge in [-0.15, -0.1) is 0 Å². The smallest absolute Gasteiger partial charge is 0.325 e. The zero-order valence-corrected chi connectivity index (χ0v) is 18.1. The van der Waals surface area contributed by atoms with Crippen molar-refractivity contribution >= 4 is 29.4 Å². The second-order valence-electron chi connectivity index (χ2n) is 7.68. The van der Waals surface area contributed by atoms with Crippen molar-refractivity contribution < 1.29 is 23.6 Å². The first-order chi connectivity index (χ1) is 15.2. The molecule has 1 saturated heterocycles. The molecule has 1 atom stereocenters. The van der Waals surface area contributed by atoms with Crippen molar-refractivity contribution in [2.45, 2.75) is 32.7 Å². The Morgan fingerprint density at radius 2 is 1.66 bits per heavy atom. The highest BCUT2D eigenvalue weighted by atomic mass is 19.1. The van der Waals surface area contributed by atoms with Gasteiger partial charge in [0.25, 0.3) is 5.91 Å². The van der Waals surface area contributed by atoms with Crippen molar-refractivity contribution in [2.24, 2.45) is 0 Å². The second-order valence-corrected chi connectivity index (χ2v) is 7.68. The monoisotopic (exact) mass is 440 g/mol. The van der Waals surface area contributed by atoms with Gasteiger partial charge in [0.05, 0.1) is 6.54 Å². The number of aryl methyl sites for hydroxylation is 2. The lowest BCUT2D eigenvalue weighted by molar-refractivity contribution is -0.135. The first-order valence-electron chi connectivity index (χ1n) is 10.2. The van der Waals surface area contributed by atoms with Crippen LogP contribution in [0.1, 0.15) is 30.0 Å². The number of nitrogens with one attached hydrogen (secondary N) is 3. The van der Waals surface area contributed by atoms with E-state index in [0.29, 0.717) is 11.3 Å². The van der Waals surface area contributed by atoms with Crippen LogP contribution in [0.4, 0.5) is 14.9 Å². The number of para-hydroxylation sites is 1. The molecule has 1 unspecified atom stereocenters. The van der Waals surface area contributed by atoms with Crippen molar-refractivity contribution in [1.29, 1.82) is 0 Å². The minimum atomic E-state index is -1.37. The fourth-order valence-electron chi connectivity index (χ4n) is 3.72. The first kappa shape index (κ1) is 22.9. The summed E-state index contributed by atoms with van der Waals surface area (Å²) in [6.45, 7) is 4.58. The van der Waals surface area contributed by atoms with Gasteiger partial charge in [0.2, 0.25) is 11.8 Å². The molecule has 0 bridgehead atoms. The molecule has 0 spiro atoms. The summed E-state index contributed by atoms with van der Waals surface area (Å²) in [6, 6.07) is 10.1. The molecule has 0 aromatic heterocycles. The van der Waals surface area contributed by atoms with Crippen LogP contribution in [0.2, 0.25) is 0 Å². The lowest BCUT2D eigenvalue weighted by atomic mass is 9.87. The third-order valence-electron chi connectivity index (χ3n) is 5.54. The van der Waals surface area contributed by atoms with Gasteiger partial charge in [0, 0.05) is 5.69 Å². The third-order valence-corrected chi connectivity index (χ3v) is 5.54. The zero-order valence-electron chi connectivity index (χ0n) is 18.1. The normalized spacial score (nSPS) is 17.8. The molecule has 32 heavy (non-hydrogen) atoms. The molecule has 1 heterocycles. The average molecular weight is 440 g/mol. The van der Waals surface area contributed by atoms with Crippen LogP contribution in [0.3, 0.4) is 0 Å². The van der Waals surface area contributed by atoms with Gasteiger partial charge in [0.15, 0.2) is 0 Å².